The topological polar surface area (TPSA) is 79.0 Å². The molecule has 0 spiro atoms. The Bertz CT molecular complexity index is 727. The second kappa shape index (κ2) is 6.95. The van der Waals surface area contributed by atoms with Crippen molar-refractivity contribution in [3.05, 3.63) is 42.1 Å². The highest BCUT2D eigenvalue weighted by Crippen LogP contribution is 2.23. The molecule has 1 aromatic carbocycles. The van der Waals surface area contributed by atoms with Gasteiger partial charge in [-0.05, 0) is 0 Å². The van der Waals surface area contributed by atoms with Crippen molar-refractivity contribution in [2.45, 2.75) is 12.1 Å². The van der Waals surface area contributed by atoms with Crippen molar-refractivity contribution >= 4 is 5.91 Å². The normalized spacial score (nSPS) is 24.6. The molecule has 3 heterocycles. The van der Waals surface area contributed by atoms with E-state index in [4.69, 9.17) is 9.26 Å². The number of benzene rings is 1. The van der Waals surface area contributed by atoms with E-state index in [-0.39, 0.29) is 17.6 Å². The highest BCUT2D eigenvalue weighted by molar-refractivity contribution is 5.93. The molecule has 2 fully saturated rings. The highest BCUT2D eigenvalue weighted by atomic mass is 16.5. The molecule has 1 N–H and O–H groups in total. The predicted molar refractivity (Wildman–Crippen MR) is 90.0 cm³/mol. The molecule has 25 heavy (non-hydrogen) atoms. The smallest absolute Gasteiger partial charge is 0.276 e. The van der Waals surface area contributed by atoms with Gasteiger partial charge in [-0.15, -0.1) is 0 Å². The number of ether oxygens (including phenoxy) is 1. The molecule has 0 aliphatic carbocycles. The summed E-state index contributed by atoms with van der Waals surface area (Å²) >= 11 is 0. The molecule has 1 amide bonds. The molecule has 7 heteroatoms. The Kier molecular flexibility index (Phi) is 4.52. The number of morpholine rings is 1. The Morgan fingerprint density at radius 3 is 2.68 bits per heavy atom. The summed E-state index contributed by atoms with van der Waals surface area (Å²) in [6.07, 6.45) is -0.553. The van der Waals surface area contributed by atoms with E-state index >= 15 is 0 Å². The molecule has 2 aliphatic rings. The minimum absolute atomic E-state index is 0.0478. The molecule has 0 unspecified atom stereocenters. The molecule has 0 saturated carbocycles. The Hall–Kier alpha value is -2.22. The van der Waals surface area contributed by atoms with Gasteiger partial charge in [0.05, 0.1) is 25.4 Å². The van der Waals surface area contributed by atoms with Gasteiger partial charge in [-0.3, -0.25) is 9.69 Å². The second-order valence-electron chi connectivity index (χ2n) is 6.44. The van der Waals surface area contributed by atoms with Crippen molar-refractivity contribution in [1.29, 1.82) is 0 Å². The molecule has 2 atom stereocenters. The fraction of sp³-hybridized carbons (Fsp3) is 0.444. The minimum Gasteiger partial charge on any atom is -0.390 e. The molecule has 1 aromatic heterocycles. The van der Waals surface area contributed by atoms with Crippen molar-refractivity contribution < 1.29 is 19.2 Å². The number of aliphatic hydroxyl groups excluding tert-OH is 1. The molecule has 0 bridgehead atoms. The van der Waals surface area contributed by atoms with Crippen LogP contribution >= 0.6 is 0 Å². The number of aromatic nitrogens is 1. The van der Waals surface area contributed by atoms with Crippen molar-refractivity contribution in [3.8, 4) is 11.3 Å². The first-order valence-corrected chi connectivity index (χ1v) is 8.53. The average molecular weight is 343 g/mol. The van der Waals surface area contributed by atoms with Crippen LogP contribution < -0.4 is 0 Å². The lowest BCUT2D eigenvalue weighted by molar-refractivity contribution is -0.00611. The van der Waals surface area contributed by atoms with E-state index in [0.717, 1.165) is 18.7 Å². The molecule has 2 aliphatic heterocycles. The number of β-amino-alcohol motifs (C(OH)–C–C–N with tert-alkyl or cyclic N) is 1. The monoisotopic (exact) mass is 343 g/mol. The maximum Gasteiger partial charge on any atom is 0.276 e. The number of nitrogens with zero attached hydrogens (tertiary/aromatic N) is 3. The number of amides is 1. The van der Waals surface area contributed by atoms with Crippen LogP contribution in [0, 0.1) is 0 Å². The summed E-state index contributed by atoms with van der Waals surface area (Å²) in [5, 5.41) is 14.3. The average Bonchev–Trinajstić information content (AvgIpc) is 3.30. The van der Waals surface area contributed by atoms with Gasteiger partial charge in [0.2, 0.25) is 0 Å². The van der Waals surface area contributed by atoms with Crippen LogP contribution in [0.5, 0.6) is 0 Å². The van der Waals surface area contributed by atoms with Gasteiger partial charge in [0.15, 0.2) is 11.5 Å². The van der Waals surface area contributed by atoms with Crippen LogP contribution in [0.1, 0.15) is 10.5 Å². The summed E-state index contributed by atoms with van der Waals surface area (Å²) in [7, 11) is 0. The molecule has 2 saturated heterocycles. The fourth-order valence-electron chi connectivity index (χ4n) is 3.48. The lowest BCUT2D eigenvalue weighted by Crippen LogP contribution is -2.49. The summed E-state index contributed by atoms with van der Waals surface area (Å²) in [6.45, 7) is 3.71. The van der Waals surface area contributed by atoms with Gasteiger partial charge >= 0.3 is 0 Å². The van der Waals surface area contributed by atoms with Gasteiger partial charge in [-0.2, -0.15) is 0 Å². The fourth-order valence-corrected chi connectivity index (χ4v) is 3.48. The van der Waals surface area contributed by atoms with Crippen LogP contribution in [0.4, 0.5) is 0 Å². The van der Waals surface area contributed by atoms with Gasteiger partial charge < -0.3 is 19.3 Å². The molecule has 7 nitrogen and oxygen atoms in total. The maximum absolute atomic E-state index is 12.7. The minimum atomic E-state index is -0.553. The van der Waals surface area contributed by atoms with E-state index in [2.05, 4.69) is 10.1 Å². The van der Waals surface area contributed by atoms with Gasteiger partial charge in [0.1, 0.15) is 0 Å². The maximum atomic E-state index is 12.7. The Labute approximate surface area is 145 Å². The van der Waals surface area contributed by atoms with Crippen molar-refractivity contribution in [3.63, 3.8) is 0 Å². The zero-order valence-electron chi connectivity index (χ0n) is 13.9. The Morgan fingerprint density at radius 1 is 1.16 bits per heavy atom. The van der Waals surface area contributed by atoms with Crippen LogP contribution in [-0.4, -0.2) is 77.5 Å². The van der Waals surface area contributed by atoms with Gasteiger partial charge in [0.25, 0.3) is 5.91 Å². The predicted octanol–water partition coefficient (Wildman–Crippen LogP) is 0.859. The van der Waals surface area contributed by atoms with Crippen LogP contribution in [0.25, 0.3) is 11.3 Å². The first-order valence-electron chi connectivity index (χ1n) is 8.53. The third kappa shape index (κ3) is 3.30. The van der Waals surface area contributed by atoms with Gasteiger partial charge in [-0.25, -0.2) is 0 Å². The summed E-state index contributed by atoms with van der Waals surface area (Å²) in [5.41, 5.74) is 1.15. The third-order valence-electron chi connectivity index (χ3n) is 4.85. The first-order chi connectivity index (χ1) is 12.2. The molecular formula is C18H21N3O4. The van der Waals surface area contributed by atoms with Crippen LogP contribution in [0.2, 0.25) is 0 Å². The standard InChI is InChI=1S/C18H21N3O4/c22-16-12-21(11-15(16)20-6-8-24-9-7-20)18(23)14-10-17(25-19-14)13-4-2-1-3-5-13/h1-5,10,15-16,22H,6-9,11-12H2/t15-,16-/m1/s1. The van der Waals surface area contributed by atoms with Crippen LogP contribution in [-0.2, 0) is 4.74 Å². The van der Waals surface area contributed by atoms with Crippen molar-refractivity contribution in [2.75, 3.05) is 39.4 Å². The third-order valence-corrected chi connectivity index (χ3v) is 4.85. The number of aliphatic hydroxyl groups is 1. The number of rotatable bonds is 3. The lowest BCUT2D eigenvalue weighted by Gasteiger charge is -2.33. The molecule has 0 radical (unpaired) electrons. The van der Waals surface area contributed by atoms with E-state index in [1.165, 1.54) is 0 Å². The van der Waals surface area contributed by atoms with Crippen LogP contribution in [0.15, 0.2) is 40.9 Å². The van der Waals surface area contributed by atoms with E-state index in [0.29, 0.717) is 32.1 Å². The largest absolute Gasteiger partial charge is 0.390 e. The summed E-state index contributed by atoms with van der Waals surface area (Å²) < 4.78 is 10.7. The zero-order chi connectivity index (χ0) is 17.2. The Morgan fingerprint density at radius 2 is 1.92 bits per heavy atom. The number of hydrogen-bond acceptors (Lipinski definition) is 6. The second-order valence-corrected chi connectivity index (χ2v) is 6.44. The number of carbonyl (C=O) groups is 1. The lowest BCUT2D eigenvalue weighted by atomic mass is 10.1. The SMILES string of the molecule is O=C(c1cc(-c2ccccc2)on1)N1C[C@@H](O)[C@H](N2CCOCC2)C1. The van der Waals surface area contributed by atoms with E-state index in [9.17, 15) is 9.90 Å². The summed E-state index contributed by atoms with van der Waals surface area (Å²) in [4.78, 5) is 16.6. The number of carbonyl (C=O) groups excluding carboxylic acids is 1. The van der Waals surface area contributed by atoms with Gasteiger partial charge in [0, 0.05) is 37.8 Å². The molecular weight excluding hydrogens is 322 g/mol. The number of hydrogen-bond donors (Lipinski definition) is 1. The van der Waals surface area contributed by atoms with Crippen molar-refractivity contribution in [1.82, 2.24) is 15.0 Å². The first kappa shape index (κ1) is 16.3. The van der Waals surface area contributed by atoms with E-state index in [1.54, 1.807) is 11.0 Å². The Balaban J connectivity index is 1.45. The molecule has 132 valence electrons. The summed E-state index contributed by atoms with van der Waals surface area (Å²) in [6, 6.07) is 11.2. The zero-order valence-corrected chi connectivity index (χ0v) is 13.9. The molecule has 4 rings (SSSR count). The van der Waals surface area contributed by atoms with Crippen LogP contribution in [0.3, 0.4) is 0 Å². The van der Waals surface area contributed by atoms with Crippen molar-refractivity contribution in [2.24, 2.45) is 0 Å². The summed E-state index contributed by atoms with van der Waals surface area (Å²) in [5.74, 6) is 0.356. The molecule has 2 aromatic rings. The van der Waals surface area contributed by atoms with E-state index in [1.807, 2.05) is 30.3 Å². The van der Waals surface area contributed by atoms with Gasteiger partial charge in [-0.1, -0.05) is 35.5 Å². The quantitative estimate of drug-likeness (QED) is 0.890. The van der Waals surface area contributed by atoms with E-state index < -0.39 is 6.10 Å². The number of likely N-dealkylation sites (tertiary alicyclic amines) is 1. The highest BCUT2D eigenvalue weighted by Gasteiger charge is 2.39.